The second kappa shape index (κ2) is 8.41. The minimum Gasteiger partial charge on any atom is -0.497 e. The Hall–Kier alpha value is -3.15. The van der Waals surface area contributed by atoms with Crippen LogP contribution >= 0.6 is 0 Å². The third-order valence-electron chi connectivity index (χ3n) is 5.12. The Labute approximate surface area is 179 Å². The standard InChI is InChI=1S/C20H20F5N5O2/c1-29-9-11(21)7-12(10-29)26-19-28-27-17(18-15(22)5-6-30(18)19)14-4-3-13(31-2)8-16(14)32-20(23,24)25/h3-6,8,11-12H,7,9-10H2,1-2H3,(H,26,28)/t11-,12-/m1/s1. The number of methoxy groups -OCH3 is 1. The van der Waals surface area contributed by atoms with E-state index in [1.165, 1.54) is 29.8 Å². The van der Waals surface area contributed by atoms with E-state index in [1.807, 2.05) is 4.90 Å². The monoisotopic (exact) mass is 457 g/mol. The molecule has 1 N–H and O–H groups in total. The molecule has 172 valence electrons. The van der Waals surface area contributed by atoms with Gasteiger partial charge in [0.05, 0.1) is 7.11 Å². The van der Waals surface area contributed by atoms with Gasteiger partial charge in [-0.05, 0) is 25.2 Å². The van der Waals surface area contributed by atoms with Crippen molar-refractivity contribution in [2.24, 2.45) is 0 Å². The molecule has 0 amide bonds. The van der Waals surface area contributed by atoms with Crippen LogP contribution in [0.15, 0.2) is 30.5 Å². The molecule has 12 heteroatoms. The van der Waals surface area contributed by atoms with Gasteiger partial charge < -0.3 is 19.7 Å². The maximum atomic E-state index is 14.7. The van der Waals surface area contributed by atoms with Crippen LogP contribution in [0.5, 0.6) is 11.5 Å². The van der Waals surface area contributed by atoms with E-state index >= 15 is 0 Å². The van der Waals surface area contributed by atoms with Crippen LogP contribution in [0.25, 0.3) is 16.8 Å². The van der Waals surface area contributed by atoms with E-state index in [2.05, 4.69) is 20.3 Å². The van der Waals surface area contributed by atoms with Crippen molar-refractivity contribution in [3.63, 3.8) is 0 Å². The molecular weight excluding hydrogens is 437 g/mol. The molecule has 1 aromatic carbocycles. The fourth-order valence-corrected chi connectivity index (χ4v) is 3.85. The van der Waals surface area contributed by atoms with Gasteiger partial charge in [-0.2, -0.15) is 0 Å². The number of alkyl halides is 4. The number of piperidine rings is 1. The summed E-state index contributed by atoms with van der Waals surface area (Å²) in [6.45, 7) is 0.854. The van der Waals surface area contributed by atoms with Crippen LogP contribution < -0.4 is 14.8 Å². The van der Waals surface area contributed by atoms with Gasteiger partial charge in [0, 0.05) is 43.4 Å². The number of hydrogen-bond donors (Lipinski definition) is 1. The lowest BCUT2D eigenvalue weighted by Crippen LogP contribution is -2.45. The molecule has 0 unspecified atom stereocenters. The summed E-state index contributed by atoms with van der Waals surface area (Å²) in [6.07, 6.45) is -4.40. The average Bonchev–Trinajstić information content (AvgIpc) is 3.09. The highest BCUT2D eigenvalue weighted by Gasteiger charge is 2.33. The van der Waals surface area contributed by atoms with Crippen molar-refractivity contribution in [2.75, 3.05) is 32.6 Å². The lowest BCUT2D eigenvalue weighted by atomic mass is 10.1. The molecule has 2 atom stereocenters. The summed E-state index contributed by atoms with van der Waals surface area (Å²) in [5, 5.41) is 11.1. The Morgan fingerprint density at radius 3 is 2.62 bits per heavy atom. The predicted octanol–water partition coefficient (Wildman–Crippen LogP) is 3.90. The van der Waals surface area contributed by atoms with Gasteiger partial charge in [0.2, 0.25) is 5.95 Å². The highest BCUT2D eigenvalue weighted by Crippen LogP contribution is 2.38. The first kappa shape index (κ1) is 22.1. The normalized spacial score (nSPS) is 19.8. The van der Waals surface area contributed by atoms with Crippen LogP contribution in [0, 0.1) is 5.82 Å². The first-order valence-corrected chi connectivity index (χ1v) is 9.71. The number of nitrogens with zero attached hydrogens (tertiary/aromatic N) is 4. The molecule has 1 aliphatic heterocycles. The third kappa shape index (κ3) is 4.54. The Balaban J connectivity index is 1.77. The molecule has 0 saturated carbocycles. The Morgan fingerprint density at radius 2 is 1.94 bits per heavy atom. The summed E-state index contributed by atoms with van der Waals surface area (Å²) in [5.74, 6) is -1.06. The summed E-state index contributed by atoms with van der Waals surface area (Å²) >= 11 is 0. The molecule has 3 aromatic rings. The Kier molecular flexibility index (Phi) is 5.80. The SMILES string of the molecule is COc1ccc(-c2nnc(N[C@@H]3C[C@@H](F)CN(C)C3)n3ccc(F)c23)c(OC(F)(F)F)c1. The maximum Gasteiger partial charge on any atom is 0.573 e. The van der Waals surface area contributed by atoms with E-state index in [0.29, 0.717) is 13.1 Å². The summed E-state index contributed by atoms with van der Waals surface area (Å²) < 4.78 is 78.0. The molecule has 0 bridgehead atoms. The second-order valence-corrected chi connectivity index (χ2v) is 7.56. The fraction of sp³-hybridized carbons (Fsp3) is 0.400. The number of nitrogens with one attached hydrogen (secondary N) is 1. The number of anilines is 1. The van der Waals surface area contributed by atoms with Crippen molar-refractivity contribution < 1.29 is 31.4 Å². The van der Waals surface area contributed by atoms with Crippen molar-refractivity contribution in [3.8, 4) is 22.8 Å². The molecule has 32 heavy (non-hydrogen) atoms. The van der Waals surface area contributed by atoms with Gasteiger partial charge in [0.1, 0.15) is 28.9 Å². The molecule has 0 radical (unpaired) electrons. The quantitative estimate of drug-likeness (QED) is 0.587. The molecule has 2 aromatic heterocycles. The van der Waals surface area contributed by atoms with Crippen molar-refractivity contribution in [2.45, 2.75) is 25.0 Å². The fourth-order valence-electron chi connectivity index (χ4n) is 3.85. The maximum absolute atomic E-state index is 14.7. The number of aromatic nitrogens is 3. The van der Waals surface area contributed by atoms with E-state index in [-0.39, 0.29) is 40.9 Å². The van der Waals surface area contributed by atoms with Gasteiger partial charge in [-0.3, -0.25) is 4.40 Å². The lowest BCUT2D eigenvalue weighted by Gasteiger charge is -2.32. The van der Waals surface area contributed by atoms with Crippen molar-refractivity contribution in [3.05, 3.63) is 36.3 Å². The summed E-state index contributed by atoms with van der Waals surface area (Å²) in [4.78, 5) is 1.82. The lowest BCUT2D eigenvalue weighted by molar-refractivity contribution is -0.274. The number of likely N-dealkylation sites (N-methyl/N-ethyl adjacent to an activating group) is 1. The third-order valence-corrected chi connectivity index (χ3v) is 5.12. The molecule has 0 aliphatic carbocycles. The van der Waals surface area contributed by atoms with Crippen LogP contribution in [-0.4, -0.2) is 65.3 Å². The smallest absolute Gasteiger partial charge is 0.497 e. The predicted molar refractivity (Wildman–Crippen MR) is 106 cm³/mol. The van der Waals surface area contributed by atoms with Gasteiger partial charge in [-0.1, -0.05) is 0 Å². The van der Waals surface area contributed by atoms with Crippen molar-refractivity contribution >= 4 is 11.5 Å². The van der Waals surface area contributed by atoms with Crippen LogP contribution in [0.2, 0.25) is 0 Å². The van der Waals surface area contributed by atoms with Crippen molar-refractivity contribution in [1.29, 1.82) is 0 Å². The molecule has 7 nitrogen and oxygen atoms in total. The number of ether oxygens (including phenoxy) is 2. The first-order valence-electron chi connectivity index (χ1n) is 9.71. The van der Waals surface area contributed by atoms with E-state index < -0.39 is 24.1 Å². The van der Waals surface area contributed by atoms with Crippen molar-refractivity contribution in [1.82, 2.24) is 19.5 Å². The number of halogens is 5. The summed E-state index contributed by atoms with van der Waals surface area (Å²) in [6, 6.07) is 4.57. The zero-order chi connectivity index (χ0) is 23.0. The molecule has 1 aliphatic rings. The number of benzene rings is 1. The number of hydrogen-bond acceptors (Lipinski definition) is 6. The topological polar surface area (TPSA) is 63.9 Å². The Morgan fingerprint density at radius 1 is 1.16 bits per heavy atom. The summed E-state index contributed by atoms with van der Waals surface area (Å²) in [7, 11) is 3.08. The van der Waals surface area contributed by atoms with Crippen LogP contribution in [0.3, 0.4) is 0 Å². The van der Waals surface area contributed by atoms with Gasteiger partial charge in [-0.25, -0.2) is 8.78 Å². The van der Waals surface area contributed by atoms with Crippen LogP contribution in [0.1, 0.15) is 6.42 Å². The molecular formula is C20H20F5N5O2. The number of rotatable bonds is 5. The van der Waals surface area contributed by atoms with Gasteiger partial charge in [0.15, 0.2) is 5.82 Å². The molecule has 3 heterocycles. The average molecular weight is 457 g/mol. The molecule has 1 saturated heterocycles. The highest BCUT2D eigenvalue weighted by molar-refractivity contribution is 5.82. The second-order valence-electron chi connectivity index (χ2n) is 7.56. The van der Waals surface area contributed by atoms with Gasteiger partial charge in [-0.15, -0.1) is 23.4 Å². The molecule has 1 fully saturated rings. The summed E-state index contributed by atoms with van der Waals surface area (Å²) in [5.41, 5.74) is -0.365. The first-order chi connectivity index (χ1) is 15.1. The van der Waals surface area contributed by atoms with Crippen LogP contribution in [-0.2, 0) is 0 Å². The van der Waals surface area contributed by atoms with E-state index in [0.717, 1.165) is 12.1 Å². The van der Waals surface area contributed by atoms with E-state index in [9.17, 15) is 22.0 Å². The highest BCUT2D eigenvalue weighted by atomic mass is 19.4. The zero-order valence-corrected chi connectivity index (χ0v) is 17.2. The largest absolute Gasteiger partial charge is 0.573 e. The Bertz CT molecular complexity index is 1110. The minimum atomic E-state index is -4.98. The van der Waals surface area contributed by atoms with E-state index in [4.69, 9.17) is 4.74 Å². The van der Waals surface area contributed by atoms with Gasteiger partial charge >= 0.3 is 6.36 Å². The zero-order valence-electron chi connectivity index (χ0n) is 17.2. The van der Waals surface area contributed by atoms with E-state index in [1.54, 1.807) is 7.05 Å². The van der Waals surface area contributed by atoms with Crippen LogP contribution in [0.4, 0.5) is 27.9 Å². The minimum absolute atomic E-state index is 0.0966. The number of fused-ring (bicyclic) bond motifs is 1. The molecule has 0 spiro atoms. The van der Waals surface area contributed by atoms with Gasteiger partial charge in [0.25, 0.3) is 0 Å². The number of likely N-dealkylation sites (tertiary alicyclic amines) is 1. The molecule has 4 rings (SSSR count).